The lowest BCUT2D eigenvalue weighted by atomic mass is 10.3. The fourth-order valence-corrected chi connectivity index (χ4v) is 3.43. The van der Waals surface area contributed by atoms with Gasteiger partial charge in [0.2, 0.25) is 10.0 Å². The molecular formula is C10H13ClN2O3S. The fraction of sp³-hybridized carbons (Fsp3) is 0.400. The molecule has 94 valence electrons. The molecule has 0 aromatic heterocycles. The maximum Gasteiger partial charge on any atom is 0.242 e. The Morgan fingerprint density at radius 1 is 1.47 bits per heavy atom. The van der Waals surface area contributed by atoms with Gasteiger partial charge in [-0.15, -0.1) is 0 Å². The van der Waals surface area contributed by atoms with E-state index >= 15 is 0 Å². The van der Waals surface area contributed by atoms with Crippen LogP contribution in [0.5, 0.6) is 0 Å². The van der Waals surface area contributed by atoms with Crippen LogP contribution >= 0.6 is 11.6 Å². The average molecular weight is 277 g/mol. The molecule has 7 heteroatoms. The number of benzene rings is 1. The van der Waals surface area contributed by atoms with Crippen LogP contribution in [0.1, 0.15) is 6.42 Å². The van der Waals surface area contributed by atoms with Crippen LogP contribution in [0.2, 0.25) is 5.02 Å². The van der Waals surface area contributed by atoms with Crippen LogP contribution in [0.15, 0.2) is 23.1 Å². The molecule has 0 radical (unpaired) electrons. The maximum absolute atomic E-state index is 12.1. The summed E-state index contributed by atoms with van der Waals surface area (Å²) in [7, 11) is -3.64. The first-order valence-electron chi connectivity index (χ1n) is 5.14. The molecule has 3 N–H and O–H groups in total. The number of nitrogens with one attached hydrogen (secondary N) is 1. The Bertz CT molecular complexity index is 512. The standard InChI is InChI=1S/C10H13ClN2O3S/c11-9-2-1-7(12)5-10(9)17(14,15)13-8-3-4-16-6-8/h1-2,5,8,13H,3-4,6,12H2. The van der Waals surface area contributed by atoms with Gasteiger partial charge in [0, 0.05) is 18.3 Å². The quantitative estimate of drug-likeness (QED) is 0.807. The van der Waals surface area contributed by atoms with E-state index in [-0.39, 0.29) is 16.0 Å². The number of anilines is 1. The number of nitrogen functional groups attached to an aromatic ring is 1. The first-order chi connectivity index (χ1) is 7.99. The summed E-state index contributed by atoms with van der Waals surface area (Å²) in [6, 6.07) is 4.18. The molecule has 1 aromatic carbocycles. The van der Waals surface area contributed by atoms with Crippen molar-refractivity contribution < 1.29 is 13.2 Å². The van der Waals surface area contributed by atoms with Gasteiger partial charge in [-0.05, 0) is 24.6 Å². The van der Waals surface area contributed by atoms with Crippen LogP contribution in [0.3, 0.4) is 0 Å². The van der Waals surface area contributed by atoms with Gasteiger partial charge in [0.25, 0.3) is 0 Å². The zero-order valence-electron chi connectivity index (χ0n) is 9.02. The van der Waals surface area contributed by atoms with Crippen LogP contribution in [-0.4, -0.2) is 27.7 Å². The summed E-state index contributed by atoms with van der Waals surface area (Å²) < 4.78 is 31.8. The van der Waals surface area contributed by atoms with Gasteiger partial charge in [0.1, 0.15) is 4.90 Å². The predicted octanol–water partition coefficient (Wildman–Crippen LogP) is 0.989. The molecule has 1 aliphatic heterocycles. The molecule has 0 saturated carbocycles. The third kappa shape index (κ3) is 2.90. The van der Waals surface area contributed by atoms with E-state index in [2.05, 4.69) is 4.72 Å². The zero-order chi connectivity index (χ0) is 12.5. The lowest BCUT2D eigenvalue weighted by Gasteiger charge is -2.12. The molecule has 1 aliphatic rings. The van der Waals surface area contributed by atoms with Crippen molar-refractivity contribution in [3.8, 4) is 0 Å². The third-order valence-corrected chi connectivity index (χ3v) is 4.50. The number of rotatable bonds is 3. The molecule has 0 amide bonds. The van der Waals surface area contributed by atoms with Gasteiger partial charge in [-0.25, -0.2) is 13.1 Å². The lowest BCUT2D eigenvalue weighted by molar-refractivity contribution is 0.192. The van der Waals surface area contributed by atoms with Crippen molar-refractivity contribution in [2.24, 2.45) is 0 Å². The minimum atomic E-state index is -3.64. The van der Waals surface area contributed by atoms with Crippen molar-refractivity contribution >= 4 is 27.3 Å². The van der Waals surface area contributed by atoms with E-state index in [0.717, 1.165) is 0 Å². The molecule has 0 aliphatic carbocycles. The summed E-state index contributed by atoms with van der Waals surface area (Å²) in [5.41, 5.74) is 5.92. The number of nitrogens with two attached hydrogens (primary N) is 1. The van der Waals surface area contributed by atoms with Crippen LogP contribution in [0, 0.1) is 0 Å². The first-order valence-corrected chi connectivity index (χ1v) is 7.00. The van der Waals surface area contributed by atoms with Crippen LogP contribution in [0.25, 0.3) is 0 Å². The molecule has 5 nitrogen and oxygen atoms in total. The normalized spacial score (nSPS) is 20.6. The monoisotopic (exact) mass is 276 g/mol. The van der Waals surface area contributed by atoms with Gasteiger partial charge in [0.05, 0.1) is 11.6 Å². The van der Waals surface area contributed by atoms with Crippen LogP contribution < -0.4 is 10.5 Å². The highest BCUT2D eigenvalue weighted by Gasteiger charge is 2.25. The minimum absolute atomic E-state index is 0.00562. The first kappa shape index (κ1) is 12.6. The van der Waals surface area contributed by atoms with Crippen LogP contribution in [-0.2, 0) is 14.8 Å². The highest BCUT2D eigenvalue weighted by atomic mass is 35.5. The molecule has 1 atom stereocenters. The SMILES string of the molecule is Nc1ccc(Cl)c(S(=O)(=O)NC2CCOC2)c1. The minimum Gasteiger partial charge on any atom is -0.399 e. The summed E-state index contributed by atoms with van der Waals surface area (Å²) in [6.07, 6.45) is 0.666. The van der Waals surface area contributed by atoms with E-state index in [1.807, 2.05) is 0 Å². The Labute approximate surface area is 105 Å². The highest BCUT2D eigenvalue weighted by Crippen LogP contribution is 2.24. The molecule has 17 heavy (non-hydrogen) atoms. The average Bonchev–Trinajstić information content (AvgIpc) is 2.73. The summed E-state index contributed by atoms with van der Waals surface area (Å²) in [6.45, 7) is 0.955. The van der Waals surface area contributed by atoms with Crippen molar-refractivity contribution in [3.63, 3.8) is 0 Å². The Kier molecular flexibility index (Phi) is 3.58. The number of halogens is 1. The van der Waals surface area contributed by atoms with E-state index in [1.165, 1.54) is 12.1 Å². The predicted molar refractivity (Wildman–Crippen MR) is 65.4 cm³/mol. The molecule has 1 saturated heterocycles. The van der Waals surface area contributed by atoms with Gasteiger partial charge in [-0.3, -0.25) is 0 Å². The molecule has 1 heterocycles. The molecule has 2 rings (SSSR count). The number of sulfonamides is 1. The highest BCUT2D eigenvalue weighted by molar-refractivity contribution is 7.89. The van der Waals surface area contributed by atoms with Gasteiger partial charge in [-0.2, -0.15) is 0 Å². The van der Waals surface area contributed by atoms with E-state index < -0.39 is 10.0 Å². The Morgan fingerprint density at radius 3 is 2.88 bits per heavy atom. The van der Waals surface area contributed by atoms with E-state index in [9.17, 15) is 8.42 Å². The van der Waals surface area contributed by atoms with Crippen molar-refractivity contribution in [2.75, 3.05) is 18.9 Å². The zero-order valence-corrected chi connectivity index (χ0v) is 10.6. The van der Waals surface area contributed by atoms with Gasteiger partial charge < -0.3 is 10.5 Å². The molecule has 0 spiro atoms. The molecule has 1 aromatic rings. The Balaban J connectivity index is 2.27. The summed E-state index contributed by atoms with van der Waals surface area (Å²) in [5, 5.41) is 0.158. The molecular weight excluding hydrogens is 264 g/mol. The van der Waals surface area contributed by atoms with Gasteiger partial charge >= 0.3 is 0 Å². The van der Waals surface area contributed by atoms with Gasteiger partial charge in [0.15, 0.2) is 0 Å². The number of ether oxygens (including phenoxy) is 1. The largest absolute Gasteiger partial charge is 0.399 e. The fourth-order valence-electron chi connectivity index (χ4n) is 1.64. The Hall–Kier alpha value is -0.820. The molecule has 0 bridgehead atoms. The Morgan fingerprint density at radius 2 is 2.24 bits per heavy atom. The smallest absolute Gasteiger partial charge is 0.242 e. The summed E-state index contributed by atoms with van der Waals surface area (Å²) in [5.74, 6) is 0. The second kappa shape index (κ2) is 4.81. The second-order valence-electron chi connectivity index (χ2n) is 3.87. The molecule has 1 fully saturated rings. The third-order valence-electron chi connectivity index (χ3n) is 2.50. The molecule has 1 unspecified atom stereocenters. The van der Waals surface area contributed by atoms with Crippen molar-refractivity contribution in [1.82, 2.24) is 4.72 Å². The lowest BCUT2D eigenvalue weighted by Crippen LogP contribution is -2.35. The van der Waals surface area contributed by atoms with E-state index in [1.54, 1.807) is 6.07 Å². The van der Waals surface area contributed by atoms with E-state index in [0.29, 0.717) is 25.3 Å². The maximum atomic E-state index is 12.1. The van der Waals surface area contributed by atoms with E-state index in [4.69, 9.17) is 22.1 Å². The number of hydrogen-bond acceptors (Lipinski definition) is 4. The van der Waals surface area contributed by atoms with Gasteiger partial charge in [-0.1, -0.05) is 11.6 Å². The van der Waals surface area contributed by atoms with Crippen molar-refractivity contribution in [2.45, 2.75) is 17.4 Å². The van der Waals surface area contributed by atoms with Crippen molar-refractivity contribution in [3.05, 3.63) is 23.2 Å². The number of hydrogen-bond donors (Lipinski definition) is 2. The van der Waals surface area contributed by atoms with Crippen LogP contribution in [0.4, 0.5) is 5.69 Å². The summed E-state index contributed by atoms with van der Waals surface area (Å²) >= 11 is 5.86. The van der Waals surface area contributed by atoms with Crippen molar-refractivity contribution in [1.29, 1.82) is 0 Å². The summed E-state index contributed by atoms with van der Waals surface area (Å²) in [4.78, 5) is 0.00562. The topological polar surface area (TPSA) is 81.4 Å². The second-order valence-corrected chi connectivity index (χ2v) is 5.96.